The average molecular weight is 379 g/mol. The number of hydrogen-bond donors (Lipinski definition) is 2. The summed E-state index contributed by atoms with van der Waals surface area (Å²) in [5, 5.41) is 20.8. The summed E-state index contributed by atoms with van der Waals surface area (Å²) < 4.78 is 5.14. The van der Waals surface area contributed by atoms with Gasteiger partial charge in [-0.25, -0.2) is 0 Å². The number of methoxy groups -OCH3 is 1. The van der Waals surface area contributed by atoms with E-state index in [-0.39, 0.29) is 11.5 Å². The first-order valence-electron chi connectivity index (χ1n) is 9.64. The molecule has 28 heavy (non-hydrogen) atoms. The number of nitrogens with zero attached hydrogens (tertiary/aromatic N) is 1. The molecule has 0 fully saturated rings. The molecule has 0 saturated carbocycles. The standard InChI is InChI=1S/C23H25NO4/c1-28-21-12-17-11-19(23(27)18(17)13-20(21)25)22(26)16-7-9-24(10-8-16)14-15-5-3-2-4-6-15/h2-7,12-13,19,22,25-26H,8-11,14H2,1H3. The normalized spacial score (nSPS) is 20.6. The molecular formula is C23H25NO4. The highest BCUT2D eigenvalue weighted by Crippen LogP contribution is 2.38. The number of ether oxygens (including phenoxy) is 1. The minimum absolute atomic E-state index is 0.0434. The highest BCUT2D eigenvalue weighted by molar-refractivity contribution is 6.03. The third-order valence-electron chi connectivity index (χ3n) is 5.79. The van der Waals surface area contributed by atoms with Crippen molar-refractivity contribution in [3.63, 3.8) is 0 Å². The number of fused-ring (bicyclic) bond motifs is 1. The molecule has 0 spiro atoms. The number of rotatable bonds is 5. The van der Waals surface area contributed by atoms with Crippen LogP contribution in [0.4, 0.5) is 0 Å². The first kappa shape index (κ1) is 18.7. The Labute approximate surface area is 164 Å². The fourth-order valence-corrected chi connectivity index (χ4v) is 4.20. The van der Waals surface area contributed by atoms with E-state index in [1.165, 1.54) is 18.7 Å². The maximum atomic E-state index is 12.8. The van der Waals surface area contributed by atoms with Gasteiger partial charge in [-0.1, -0.05) is 36.4 Å². The zero-order chi connectivity index (χ0) is 19.7. The van der Waals surface area contributed by atoms with Crippen LogP contribution in [0.2, 0.25) is 0 Å². The van der Waals surface area contributed by atoms with Gasteiger partial charge in [0.25, 0.3) is 0 Å². The molecule has 1 aliphatic carbocycles. The van der Waals surface area contributed by atoms with E-state index in [0.29, 0.717) is 17.7 Å². The lowest BCUT2D eigenvalue weighted by molar-refractivity contribution is 0.0773. The number of phenolic OH excluding ortho intramolecular Hbond substituents is 1. The Morgan fingerprint density at radius 1 is 1.25 bits per heavy atom. The molecule has 1 aliphatic heterocycles. The van der Waals surface area contributed by atoms with Crippen molar-refractivity contribution in [1.82, 2.24) is 4.90 Å². The van der Waals surface area contributed by atoms with E-state index in [9.17, 15) is 15.0 Å². The number of benzene rings is 2. The number of aromatic hydroxyl groups is 1. The average Bonchev–Trinajstić information content (AvgIpc) is 3.04. The van der Waals surface area contributed by atoms with Crippen LogP contribution in [0.25, 0.3) is 0 Å². The van der Waals surface area contributed by atoms with Gasteiger partial charge in [0.05, 0.1) is 19.1 Å². The predicted octanol–water partition coefficient (Wildman–Crippen LogP) is 2.95. The van der Waals surface area contributed by atoms with Crippen LogP contribution in [0, 0.1) is 5.92 Å². The summed E-state index contributed by atoms with van der Waals surface area (Å²) in [5.41, 5.74) is 3.53. The van der Waals surface area contributed by atoms with Gasteiger partial charge in [0, 0.05) is 25.2 Å². The Balaban J connectivity index is 1.44. The van der Waals surface area contributed by atoms with Crippen molar-refractivity contribution < 1.29 is 19.7 Å². The first-order chi connectivity index (χ1) is 13.6. The van der Waals surface area contributed by atoms with Crippen LogP contribution in [-0.4, -0.2) is 47.2 Å². The Hall–Kier alpha value is -2.63. The molecule has 2 N–H and O–H groups in total. The molecule has 2 aromatic carbocycles. The van der Waals surface area contributed by atoms with Crippen molar-refractivity contribution in [2.24, 2.45) is 5.92 Å². The largest absolute Gasteiger partial charge is 0.504 e. The van der Waals surface area contributed by atoms with E-state index in [2.05, 4.69) is 23.1 Å². The van der Waals surface area contributed by atoms with E-state index in [4.69, 9.17) is 4.74 Å². The highest BCUT2D eigenvalue weighted by Gasteiger charge is 2.38. The smallest absolute Gasteiger partial charge is 0.169 e. The maximum Gasteiger partial charge on any atom is 0.169 e. The predicted molar refractivity (Wildman–Crippen MR) is 107 cm³/mol. The molecule has 2 atom stereocenters. The van der Waals surface area contributed by atoms with Gasteiger partial charge in [0.15, 0.2) is 17.3 Å². The number of phenols is 1. The minimum Gasteiger partial charge on any atom is -0.504 e. The summed E-state index contributed by atoms with van der Waals surface area (Å²) in [7, 11) is 1.48. The Kier molecular flexibility index (Phi) is 5.20. The molecule has 5 nitrogen and oxygen atoms in total. The number of hydrogen-bond acceptors (Lipinski definition) is 5. The topological polar surface area (TPSA) is 70.0 Å². The zero-order valence-electron chi connectivity index (χ0n) is 16.0. The second-order valence-corrected chi connectivity index (χ2v) is 7.55. The summed E-state index contributed by atoms with van der Waals surface area (Å²) in [5.74, 6) is -0.283. The van der Waals surface area contributed by atoms with Gasteiger partial charge in [-0.15, -0.1) is 0 Å². The minimum atomic E-state index is -0.785. The Morgan fingerprint density at radius 2 is 2.04 bits per heavy atom. The number of Topliss-reactive ketones (excluding diaryl/α,β-unsaturated/α-hetero) is 1. The van der Waals surface area contributed by atoms with Gasteiger partial charge in [0.1, 0.15) is 0 Å². The summed E-state index contributed by atoms with van der Waals surface area (Å²) in [4.78, 5) is 15.1. The van der Waals surface area contributed by atoms with Gasteiger partial charge in [-0.05, 0) is 41.7 Å². The maximum absolute atomic E-state index is 12.8. The van der Waals surface area contributed by atoms with Crippen LogP contribution in [0.5, 0.6) is 11.5 Å². The zero-order valence-corrected chi connectivity index (χ0v) is 16.0. The van der Waals surface area contributed by atoms with E-state index in [1.54, 1.807) is 6.07 Å². The Morgan fingerprint density at radius 3 is 2.71 bits per heavy atom. The molecule has 2 aliphatic rings. The quantitative estimate of drug-likeness (QED) is 0.782. The van der Waals surface area contributed by atoms with Crippen molar-refractivity contribution in [1.29, 1.82) is 0 Å². The molecule has 0 aromatic heterocycles. The molecular weight excluding hydrogens is 354 g/mol. The van der Waals surface area contributed by atoms with E-state index < -0.39 is 12.0 Å². The van der Waals surface area contributed by atoms with Crippen molar-refractivity contribution in [3.8, 4) is 11.5 Å². The number of carbonyl (C=O) groups excluding carboxylic acids is 1. The first-order valence-corrected chi connectivity index (χ1v) is 9.64. The van der Waals surface area contributed by atoms with Crippen LogP contribution in [0.3, 0.4) is 0 Å². The fourth-order valence-electron chi connectivity index (χ4n) is 4.20. The molecule has 2 unspecified atom stereocenters. The van der Waals surface area contributed by atoms with Crippen molar-refractivity contribution in [2.45, 2.75) is 25.5 Å². The molecule has 0 saturated heterocycles. The third kappa shape index (κ3) is 3.55. The highest BCUT2D eigenvalue weighted by atomic mass is 16.5. The van der Waals surface area contributed by atoms with Gasteiger partial charge in [-0.2, -0.15) is 0 Å². The number of aliphatic hydroxyl groups is 1. The van der Waals surface area contributed by atoms with Crippen molar-refractivity contribution in [2.75, 3.05) is 20.2 Å². The Bertz CT molecular complexity index is 906. The number of ketones is 1. The fraction of sp³-hybridized carbons (Fsp3) is 0.348. The van der Waals surface area contributed by atoms with Crippen LogP contribution < -0.4 is 4.74 Å². The molecule has 146 valence electrons. The summed E-state index contributed by atoms with van der Waals surface area (Å²) >= 11 is 0. The molecule has 0 bridgehead atoms. The summed E-state index contributed by atoms with van der Waals surface area (Å²) in [6.07, 6.45) is 2.50. The van der Waals surface area contributed by atoms with Crippen LogP contribution in [-0.2, 0) is 13.0 Å². The van der Waals surface area contributed by atoms with Crippen LogP contribution in [0.15, 0.2) is 54.1 Å². The van der Waals surface area contributed by atoms with Gasteiger partial charge in [0.2, 0.25) is 0 Å². The molecule has 5 heteroatoms. The van der Waals surface area contributed by atoms with E-state index in [1.807, 2.05) is 18.2 Å². The van der Waals surface area contributed by atoms with Gasteiger partial charge < -0.3 is 14.9 Å². The second kappa shape index (κ2) is 7.78. The van der Waals surface area contributed by atoms with Crippen molar-refractivity contribution >= 4 is 5.78 Å². The molecule has 0 radical (unpaired) electrons. The molecule has 1 heterocycles. The lowest BCUT2D eigenvalue weighted by atomic mass is 9.89. The summed E-state index contributed by atoms with van der Waals surface area (Å²) in [6, 6.07) is 13.5. The van der Waals surface area contributed by atoms with Crippen LogP contribution in [0.1, 0.15) is 27.9 Å². The number of aliphatic hydroxyl groups excluding tert-OH is 1. The van der Waals surface area contributed by atoms with E-state index >= 15 is 0 Å². The molecule has 4 rings (SSSR count). The summed E-state index contributed by atoms with van der Waals surface area (Å²) in [6.45, 7) is 2.51. The second-order valence-electron chi connectivity index (χ2n) is 7.55. The SMILES string of the molecule is COc1cc2c(cc1O)C(=O)C(C(O)C1=CCN(Cc3ccccc3)CC1)C2. The lowest BCUT2D eigenvalue weighted by Gasteiger charge is -2.29. The van der Waals surface area contributed by atoms with Gasteiger partial charge in [-0.3, -0.25) is 9.69 Å². The monoisotopic (exact) mass is 379 g/mol. The van der Waals surface area contributed by atoms with Gasteiger partial charge >= 0.3 is 0 Å². The lowest BCUT2D eigenvalue weighted by Crippen LogP contribution is -2.34. The van der Waals surface area contributed by atoms with Crippen LogP contribution >= 0.6 is 0 Å². The third-order valence-corrected chi connectivity index (χ3v) is 5.79. The number of carbonyl (C=O) groups is 1. The van der Waals surface area contributed by atoms with Crippen molar-refractivity contribution in [3.05, 3.63) is 70.8 Å². The molecule has 2 aromatic rings. The molecule has 0 amide bonds. The van der Waals surface area contributed by atoms with E-state index in [0.717, 1.165) is 37.2 Å².